The molecule has 0 aliphatic heterocycles. The van der Waals surface area contributed by atoms with Crippen LogP contribution in [0.5, 0.6) is 5.75 Å². The fraction of sp³-hybridized carbons (Fsp3) is 0.200. The minimum Gasteiger partial charge on any atom is -0.494 e. The maximum atomic E-state index is 12.1. The third-order valence-electron chi connectivity index (χ3n) is 3.80. The fourth-order valence-electron chi connectivity index (χ4n) is 2.47. The van der Waals surface area contributed by atoms with Gasteiger partial charge in [0.1, 0.15) is 5.75 Å². The Balaban J connectivity index is 1.42. The molecule has 0 spiro atoms. The molecule has 3 aromatic rings. The van der Waals surface area contributed by atoms with Crippen molar-refractivity contribution in [1.29, 1.82) is 0 Å². The Morgan fingerprint density at radius 1 is 1.20 bits per heavy atom. The average Bonchev–Trinajstić information content (AvgIpc) is 3.16. The molecule has 5 nitrogen and oxygen atoms in total. The Morgan fingerprint density at radius 3 is 2.76 bits per heavy atom. The third-order valence-corrected chi connectivity index (χ3v) is 3.80. The lowest BCUT2D eigenvalue weighted by Gasteiger charge is -2.08. The van der Waals surface area contributed by atoms with Crippen molar-refractivity contribution in [3.8, 4) is 11.4 Å². The quantitative estimate of drug-likeness (QED) is 0.674. The van der Waals surface area contributed by atoms with Gasteiger partial charge in [-0.2, -0.15) is 0 Å². The van der Waals surface area contributed by atoms with Crippen LogP contribution in [0.25, 0.3) is 5.69 Å². The summed E-state index contributed by atoms with van der Waals surface area (Å²) in [5, 5.41) is 2.91. The number of nitrogens with one attached hydrogen (secondary N) is 1. The lowest BCUT2D eigenvalue weighted by Crippen LogP contribution is -2.25. The monoisotopic (exact) mass is 335 g/mol. The summed E-state index contributed by atoms with van der Waals surface area (Å²) in [6.45, 7) is 3.18. The van der Waals surface area contributed by atoms with Gasteiger partial charge in [0.25, 0.3) is 5.91 Å². The van der Waals surface area contributed by atoms with E-state index in [1.54, 1.807) is 12.5 Å². The van der Waals surface area contributed by atoms with Gasteiger partial charge in [0.2, 0.25) is 0 Å². The van der Waals surface area contributed by atoms with Crippen molar-refractivity contribution in [2.24, 2.45) is 0 Å². The Hall–Kier alpha value is -3.08. The number of aryl methyl sites for hydroxylation is 1. The van der Waals surface area contributed by atoms with E-state index in [4.69, 9.17) is 4.74 Å². The number of imidazole rings is 1. The highest BCUT2D eigenvalue weighted by Crippen LogP contribution is 2.12. The zero-order valence-corrected chi connectivity index (χ0v) is 14.2. The van der Waals surface area contributed by atoms with Crippen molar-refractivity contribution in [2.75, 3.05) is 13.2 Å². The van der Waals surface area contributed by atoms with Gasteiger partial charge in [0, 0.05) is 30.2 Å². The highest BCUT2D eigenvalue weighted by molar-refractivity contribution is 5.94. The van der Waals surface area contributed by atoms with Gasteiger partial charge in [0.15, 0.2) is 0 Å². The molecule has 3 rings (SSSR count). The molecule has 0 fully saturated rings. The topological polar surface area (TPSA) is 56.1 Å². The first-order chi connectivity index (χ1) is 12.2. The molecule has 0 atom stereocenters. The molecule has 128 valence electrons. The molecule has 0 radical (unpaired) electrons. The molecule has 5 heteroatoms. The van der Waals surface area contributed by atoms with Crippen LogP contribution in [0.2, 0.25) is 0 Å². The number of hydrogen-bond acceptors (Lipinski definition) is 3. The molecule has 1 heterocycles. The van der Waals surface area contributed by atoms with Crippen LogP contribution in [0.3, 0.4) is 0 Å². The zero-order valence-electron chi connectivity index (χ0n) is 14.2. The summed E-state index contributed by atoms with van der Waals surface area (Å²) in [5.74, 6) is 0.786. The van der Waals surface area contributed by atoms with Crippen LogP contribution in [-0.2, 0) is 0 Å². The second-order valence-corrected chi connectivity index (χ2v) is 5.79. The molecule has 0 bridgehead atoms. The summed E-state index contributed by atoms with van der Waals surface area (Å²) in [6.07, 6.45) is 6.07. The molecule has 0 saturated carbocycles. The second-order valence-electron chi connectivity index (χ2n) is 5.79. The van der Waals surface area contributed by atoms with Crippen molar-refractivity contribution < 1.29 is 9.53 Å². The number of carbonyl (C=O) groups is 1. The van der Waals surface area contributed by atoms with Gasteiger partial charge in [-0.05, 0) is 55.3 Å². The van der Waals surface area contributed by atoms with Gasteiger partial charge >= 0.3 is 0 Å². The summed E-state index contributed by atoms with van der Waals surface area (Å²) >= 11 is 0. The van der Waals surface area contributed by atoms with E-state index in [1.807, 2.05) is 66.2 Å². The maximum Gasteiger partial charge on any atom is 0.251 e. The summed E-state index contributed by atoms with van der Waals surface area (Å²) in [5.41, 5.74) is 2.79. The fourth-order valence-corrected chi connectivity index (χ4v) is 2.47. The van der Waals surface area contributed by atoms with Gasteiger partial charge in [-0.25, -0.2) is 4.98 Å². The highest BCUT2D eigenvalue weighted by Gasteiger charge is 2.05. The van der Waals surface area contributed by atoms with Crippen LogP contribution in [0.15, 0.2) is 67.3 Å². The molecular weight excluding hydrogens is 314 g/mol. The van der Waals surface area contributed by atoms with E-state index < -0.39 is 0 Å². The van der Waals surface area contributed by atoms with E-state index in [1.165, 1.54) is 5.56 Å². The molecular formula is C20H21N3O2. The Labute approximate surface area is 147 Å². The highest BCUT2D eigenvalue weighted by atomic mass is 16.5. The van der Waals surface area contributed by atoms with Gasteiger partial charge in [0.05, 0.1) is 12.9 Å². The average molecular weight is 335 g/mol. The largest absolute Gasteiger partial charge is 0.494 e. The van der Waals surface area contributed by atoms with Gasteiger partial charge in [-0.3, -0.25) is 4.79 Å². The van der Waals surface area contributed by atoms with Crippen molar-refractivity contribution in [3.05, 3.63) is 78.4 Å². The standard InChI is InChI=1S/C20H21N3O2/c1-16-4-2-5-19(14-16)25-13-3-10-22-20(24)17-6-8-18(9-7-17)23-12-11-21-15-23/h2,4-9,11-12,14-15H,3,10,13H2,1H3,(H,22,24). The predicted molar refractivity (Wildman–Crippen MR) is 97.2 cm³/mol. The lowest BCUT2D eigenvalue weighted by molar-refractivity contribution is 0.0951. The van der Waals surface area contributed by atoms with Gasteiger partial charge in [-0.15, -0.1) is 0 Å². The first kappa shape index (κ1) is 16.8. The number of carbonyl (C=O) groups excluding carboxylic acids is 1. The number of ether oxygens (including phenoxy) is 1. The van der Waals surface area contributed by atoms with Gasteiger partial charge < -0.3 is 14.6 Å². The van der Waals surface area contributed by atoms with Crippen LogP contribution in [0.4, 0.5) is 0 Å². The molecule has 0 unspecified atom stereocenters. The number of benzene rings is 2. The van der Waals surface area contributed by atoms with Crippen molar-refractivity contribution in [2.45, 2.75) is 13.3 Å². The first-order valence-electron chi connectivity index (χ1n) is 8.28. The lowest BCUT2D eigenvalue weighted by atomic mass is 10.2. The number of hydrogen-bond donors (Lipinski definition) is 1. The molecule has 1 amide bonds. The number of amides is 1. The second kappa shape index (κ2) is 8.15. The molecule has 0 aliphatic carbocycles. The summed E-state index contributed by atoms with van der Waals surface area (Å²) in [7, 11) is 0. The van der Waals surface area contributed by atoms with E-state index in [-0.39, 0.29) is 5.91 Å². The molecule has 0 saturated heterocycles. The minimum absolute atomic E-state index is 0.0762. The molecule has 1 N–H and O–H groups in total. The first-order valence-corrected chi connectivity index (χ1v) is 8.28. The maximum absolute atomic E-state index is 12.1. The molecule has 0 aliphatic rings. The predicted octanol–water partition coefficient (Wildman–Crippen LogP) is 3.38. The SMILES string of the molecule is Cc1cccc(OCCCNC(=O)c2ccc(-n3ccnc3)cc2)c1. The van der Waals surface area contributed by atoms with E-state index >= 15 is 0 Å². The summed E-state index contributed by atoms with van der Waals surface area (Å²) in [4.78, 5) is 16.2. The van der Waals surface area contributed by atoms with Crippen molar-refractivity contribution >= 4 is 5.91 Å². The minimum atomic E-state index is -0.0762. The van der Waals surface area contributed by atoms with Crippen LogP contribution in [0.1, 0.15) is 22.3 Å². The van der Waals surface area contributed by atoms with Gasteiger partial charge in [-0.1, -0.05) is 12.1 Å². The van der Waals surface area contributed by atoms with Crippen LogP contribution < -0.4 is 10.1 Å². The Bertz CT molecular complexity index is 811. The van der Waals surface area contributed by atoms with E-state index in [0.29, 0.717) is 18.7 Å². The van der Waals surface area contributed by atoms with Crippen LogP contribution in [-0.4, -0.2) is 28.6 Å². The number of rotatable bonds is 7. The van der Waals surface area contributed by atoms with Crippen molar-refractivity contribution in [1.82, 2.24) is 14.9 Å². The van der Waals surface area contributed by atoms with Crippen LogP contribution >= 0.6 is 0 Å². The smallest absolute Gasteiger partial charge is 0.251 e. The van der Waals surface area contributed by atoms with E-state index in [2.05, 4.69) is 10.3 Å². The Morgan fingerprint density at radius 2 is 2.04 bits per heavy atom. The van der Waals surface area contributed by atoms with Crippen molar-refractivity contribution in [3.63, 3.8) is 0 Å². The summed E-state index contributed by atoms with van der Waals surface area (Å²) in [6, 6.07) is 15.4. The number of nitrogens with zero attached hydrogens (tertiary/aromatic N) is 2. The van der Waals surface area contributed by atoms with E-state index in [9.17, 15) is 4.79 Å². The number of aromatic nitrogens is 2. The molecule has 25 heavy (non-hydrogen) atoms. The normalized spacial score (nSPS) is 10.4. The molecule has 1 aromatic heterocycles. The zero-order chi connectivity index (χ0) is 17.5. The molecule has 2 aromatic carbocycles. The van der Waals surface area contributed by atoms with E-state index in [0.717, 1.165) is 17.9 Å². The van der Waals surface area contributed by atoms with Crippen LogP contribution in [0, 0.1) is 6.92 Å². The Kier molecular flexibility index (Phi) is 5.46. The summed E-state index contributed by atoms with van der Waals surface area (Å²) < 4.78 is 7.56. The third kappa shape index (κ3) is 4.70.